The van der Waals surface area contributed by atoms with E-state index in [2.05, 4.69) is 41.5 Å². The number of phosphoric acid groups is 2. The van der Waals surface area contributed by atoms with Crippen LogP contribution in [-0.4, -0.2) is 96.7 Å². The van der Waals surface area contributed by atoms with Crippen LogP contribution in [0.1, 0.15) is 446 Å². The SMILES string of the molecule is CCCCCCCCCCCCCCCC(=O)O[C@H](COC(=O)CCCCCCCCCCCCC)COP(=O)(O)OC[C@H](O)COP(=O)(O)OC[C@@H](COC(=O)CCCCCCCCCCCCCCCCC(C)CC)OC(=O)CCCCCCCCCCCCCCCCCCCCC(C)C. The zero-order chi connectivity index (χ0) is 75.6. The van der Waals surface area contributed by atoms with Crippen LogP contribution in [0, 0.1) is 11.8 Å². The highest BCUT2D eigenvalue weighted by molar-refractivity contribution is 7.47. The molecule has 19 heteroatoms. The predicted molar refractivity (Wildman–Crippen MR) is 423 cm³/mol. The van der Waals surface area contributed by atoms with Crippen LogP contribution in [0.15, 0.2) is 0 Å². The number of ether oxygens (including phenoxy) is 4. The van der Waals surface area contributed by atoms with Gasteiger partial charge in [0.2, 0.25) is 0 Å². The Morgan fingerprint density at radius 3 is 0.738 bits per heavy atom. The van der Waals surface area contributed by atoms with Crippen LogP contribution < -0.4 is 0 Å². The first kappa shape index (κ1) is 101. The largest absolute Gasteiger partial charge is 0.472 e. The molecule has 0 fully saturated rings. The maximum Gasteiger partial charge on any atom is 0.472 e. The Hall–Kier alpha value is -1.94. The number of unbranched alkanes of at least 4 members (excludes halogenated alkanes) is 52. The summed E-state index contributed by atoms with van der Waals surface area (Å²) in [5, 5.41) is 10.7. The van der Waals surface area contributed by atoms with E-state index < -0.39 is 97.5 Å². The molecule has 0 aliphatic heterocycles. The number of rotatable bonds is 83. The smallest absolute Gasteiger partial charge is 0.462 e. The summed E-state index contributed by atoms with van der Waals surface area (Å²) in [7, 11) is -9.92. The zero-order valence-electron chi connectivity index (χ0n) is 67.6. The lowest BCUT2D eigenvalue weighted by Crippen LogP contribution is -2.30. The summed E-state index contributed by atoms with van der Waals surface area (Å²) in [4.78, 5) is 73.1. The van der Waals surface area contributed by atoms with E-state index >= 15 is 0 Å². The third kappa shape index (κ3) is 76.6. The molecule has 0 aromatic rings. The average Bonchev–Trinajstić information content (AvgIpc) is 0.906. The third-order valence-electron chi connectivity index (χ3n) is 20.1. The lowest BCUT2D eigenvalue weighted by atomic mass is 9.99. The normalized spacial score (nSPS) is 14.1. The summed E-state index contributed by atoms with van der Waals surface area (Å²) < 4.78 is 68.8. The molecule has 0 aliphatic rings. The van der Waals surface area contributed by atoms with Crippen molar-refractivity contribution in [3.05, 3.63) is 0 Å². The molecule has 0 aromatic heterocycles. The summed E-state index contributed by atoms with van der Waals surface area (Å²) in [5.74, 6) is -0.432. The van der Waals surface area contributed by atoms with Crippen LogP contribution in [-0.2, 0) is 65.4 Å². The quantitative estimate of drug-likeness (QED) is 0.0222. The molecule has 0 heterocycles. The summed E-state index contributed by atoms with van der Waals surface area (Å²) in [6.45, 7) is 9.75. The van der Waals surface area contributed by atoms with Crippen molar-refractivity contribution >= 4 is 39.5 Å². The highest BCUT2D eigenvalue weighted by Gasteiger charge is 2.30. The van der Waals surface area contributed by atoms with Gasteiger partial charge in [-0.15, -0.1) is 0 Å². The van der Waals surface area contributed by atoms with Crippen molar-refractivity contribution in [3.63, 3.8) is 0 Å². The van der Waals surface area contributed by atoms with Gasteiger partial charge in [-0.1, -0.05) is 395 Å². The van der Waals surface area contributed by atoms with Gasteiger partial charge < -0.3 is 33.8 Å². The van der Waals surface area contributed by atoms with Gasteiger partial charge in [-0.25, -0.2) is 9.13 Å². The second-order valence-electron chi connectivity index (χ2n) is 30.9. The first-order chi connectivity index (χ1) is 49.9. The van der Waals surface area contributed by atoms with Crippen molar-refractivity contribution in [3.8, 4) is 0 Å². The minimum atomic E-state index is -4.96. The van der Waals surface area contributed by atoms with Crippen LogP contribution in [0.25, 0.3) is 0 Å². The Bertz CT molecular complexity index is 1980. The Balaban J connectivity index is 5.23. The summed E-state index contributed by atoms with van der Waals surface area (Å²) in [6, 6.07) is 0. The van der Waals surface area contributed by atoms with Gasteiger partial charge in [0, 0.05) is 25.7 Å². The van der Waals surface area contributed by atoms with Gasteiger partial charge in [0.05, 0.1) is 26.4 Å². The molecule has 0 saturated heterocycles. The van der Waals surface area contributed by atoms with Gasteiger partial charge in [-0.05, 0) is 37.5 Å². The summed E-state index contributed by atoms with van der Waals surface area (Å²) in [5.41, 5.74) is 0. The first-order valence-corrected chi connectivity index (χ1v) is 46.5. The molecule has 3 N–H and O–H groups in total. The molecule has 0 aliphatic carbocycles. The van der Waals surface area contributed by atoms with E-state index in [-0.39, 0.29) is 25.7 Å². The molecule has 0 aromatic carbocycles. The minimum absolute atomic E-state index is 0.108. The molecule has 612 valence electrons. The van der Waals surface area contributed by atoms with E-state index in [0.717, 1.165) is 102 Å². The number of hydrogen-bond acceptors (Lipinski definition) is 15. The van der Waals surface area contributed by atoms with Gasteiger partial charge in [0.15, 0.2) is 12.2 Å². The fourth-order valence-corrected chi connectivity index (χ4v) is 14.6. The maximum absolute atomic E-state index is 13.1. The molecule has 103 heavy (non-hydrogen) atoms. The third-order valence-corrected chi connectivity index (χ3v) is 22.0. The average molecular weight is 1510 g/mol. The van der Waals surface area contributed by atoms with E-state index in [1.165, 1.54) is 263 Å². The van der Waals surface area contributed by atoms with E-state index in [1.54, 1.807) is 0 Å². The number of phosphoric ester groups is 2. The topological polar surface area (TPSA) is 237 Å². The van der Waals surface area contributed by atoms with Crippen LogP contribution in [0.5, 0.6) is 0 Å². The maximum atomic E-state index is 13.1. The predicted octanol–water partition coefficient (Wildman–Crippen LogP) is 25.5. The Morgan fingerprint density at radius 2 is 0.495 bits per heavy atom. The lowest BCUT2D eigenvalue weighted by Gasteiger charge is -2.21. The van der Waals surface area contributed by atoms with Gasteiger partial charge >= 0.3 is 39.5 Å². The molecule has 0 amide bonds. The molecule has 0 saturated carbocycles. The summed E-state index contributed by atoms with van der Waals surface area (Å²) >= 11 is 0. The monoisotopic (exact) mass is 1510 g/mol. The Morgan fingerprint density at radius 1 is 0.282 bits per heavy atom. The molecule has 0 radical (unpaired) electrons. The summed E-state index contributed by atoms with van der Waals surface area (Å²) in [6.07, 6.45) is 66.5. The van der Waals surface area contributed by atoms with E-state index in [4.69, 9.17) is 37.0 Å². The minimum Gasteiger partial charge on any atom is -0.462 e. The lowest BCUT2D eigenvalue weighted by molar-refractivity contribution is -0.161. The van der Waals surface area contributed by atoms with Gasteiger partial charge in [0.1, 0.15) is 19.3 Å². The van der Waals surface area contributed by atoms with Crippen molar-refractivity contribution in [2.75, 3.05) is 39.6 Å². The van der Waals surface area contributed by atoms with Crippen molar-refractivity contribution in [2.24, 2.45) is 11.8 Å². The van der Waals surface area contributed by atoms with E-state index in [1.807, 2.05) is 0 Å². The van der Waals surface area contributed by atoms with Crippen molar-refractivity contribution in [1.29, 1.82) is 0 Å². The number of hydrogen-bond donors (Lipinski definition) is 3. The van der Waals surface area contributed by atoms with Gasteiger partial charge in [0.25, 0.3) is 0 Å². The van der Waals surface area contributed by atoms with Gasteiger partial charge in [-0.3, -0.25) is 37.3 Å². The molecule has 0 rings (SSSR count). The fraction of sp³-hybridized carbons (Fsp3) is 0.952. The second-order valence-corrected chi connectivity index (χ2v) is 33.8. The highest BCUT2D eigenvalue weighted by Crippen LogP contribution is 2.45. The second kappa shape index (κ2) is 75.5. The standard InChI is InChI=1S/C84H164O17P2/c1-7-10-12-14-16-18-20-29-38-44-50-56-62-68-83(88)100-79(72-94-81(86)66-60-54-48-42-34-19-17-15-13-11-8-2)74-98-102(90,91)96-70-78(85)71-97-103(92,93)99-75-80(73-95-82(87)67-61-55-49-43-37-32-28-27-31-36-41-47-53-59-65-77(6)9-3)101-84(89)69-63-57-51-45-39-33-26-24-22-21-23-25-30-35-40-46-52-58-64-76(4)5/h76-80,85H,7-75H2,1-6H3,(H,90,91)(H,92,93)/t77?,78-,79+,80+/m0/s1. The van der Waals surface area contributed by atoms with E-state index in [0.29, 0.717) is 25.7 Å². The molecule has 0 spiro atoms. The Labute approximate surface area is 632 Å². The van der Waals surface area contributed by atoms with Gasteiger partial charge in [-0.2, -0.15) is 0 Å². The fourth-order valence-electron chi connectivity index (χ4n) is 13.0. The Kier molecular flexibility index (Phi) is 74.1. The van der Waals surface area contributed by atoms with Crippen LogP contribution >= 0.6 is 15.6 Å². The molecular formula is C84H164O17P2. The molecule has 3 unspecified atom stereocenters. The van der Waals surface area contributed by atoms with E-state index in [9.17, 15) is 43.2 Å². The first-order valence-electron chi connectivity index (χ1n) is 43.5. The molecular weight excluding hydrogens is 1340 g/mol. The molecule has 6 atom stereocenters. The molecule has 17 nitrogen and oxygen atoms in total. The number of esters is 4. The van der Waals surface area contributed by atoms with Crippen LogP contribution in [0.4, 0.5) is 0 Å². The van der Waals surface area contributed by atoms with Crippen molar-refractivity contribution in [1.82, 2.24) is 0 Å². The number of carbonyl (C=O) groups is 4. The van der Waals surface area contributed by atoms with Crippen molar-refractivity contribution < 1.29 is 80.2 Å². The number of aliphatic hydroxyl groups is 1. The van der Waals surface area contributed by atoms with Crippen molar-refractivity contribution in [2.45, 2.75) is 464 Å². The highest BCUT2D eigenvalue weighted by atomic mass is 31.2. The molecule has 0 bridgehead atoms. The van der Waals surface area contributed by atoms with Crippen LogP contribution in [0.3, 0.4) is 0 Å². The number of aliphatic hydroxyl groups excluding tert-OH is 1. The van der Waals surface area contributed by atoms with Crippen LogP contribution in [0.2, 0.25) is 0 Å². The number of carbonyl (C=O) groups excluding carboxylic acids is 4. The zero-order valence-corrected chi connectivity index (χ0v) is 69.4.